The molecule has 0 aliphatic rings. The number of benzene rings is 2. The number of rotatable bonds is 3. The van der Waals surface area contributed by atoms with Gasteiger partial charge in [-0.3, -0.25) is 4.99 Å². The molecule has 0 aliphatic carbocycles. The molecule has 0 heterocycles. The Balaban J connectivity index is 2.19. The fraction of sp³-hybridized carbons (Fsp3) is 0.0667. The molecule has 0 aliphatic heterocycles. The molecule has 0 spiro atoms. The van der Waals surface area contributed by atoms with Crippen LogP contribution in [0, 0.1) is 6.92 Å². The predicted molar refractivity (Wildman–Crippen MR) is 71.8 cm³/mol. The maximum atomic E-state index is 10.7. The fourth-order valence-electron chi connectivity index (χ4n) is 1.56. The van der Waals surface area contributed by atoms with Gasteiger partial charge in [-0.1, -0.05) is 30.3 Å². The van der Waals surface area contributed by atoms with Gasteiger partial charge in [0.15, 0.2) is 0 Å². The Labute approximate surface area is 105 Å². The number of carboxylic acids is 1. The lowest BCUT2D eigenvalue weighted by Crippen LogP contribution is -1.95. The number of aryl methyl sites for hydroxylation is 1. The van der Waals surface area contributed by atoms with Crippen molar-refractivity contribution in [1.82, 2.24) is 0 Å². The van der Waals surface area contributed by atoms with Crippen molar-refractivity contribution in [2.45, 2.75) is 6.92 Å². The number of hydrogen-bond acceptors (Lipinski definition) is 2. The topological polar surface area (TPSA) is 49.7 Å². The molecule has 0 atom stereocenters. The van der Waals surface area contributed by atoms with Gasteiger partial charge in [0.2, 0.25) is 0 Å². The van der Waals surface area contributed by atoms with Gasteiger partial charge >= 0.3 is 5.97 Å². The second-order valence-electron chi connectivity index (χ2n) is 3.97. The highest BCUT2D eigenvalue weighted by molar-refractivity contribution is 5.89. The summed E-state index contributed by atoms with van der Waals surface area (Å²) < 4.78 is 0. The summed E-state index contributed by atoms with van der Waals surface area (Å²) in [6.07, 6.45) is 1.73. The van der Waals surface area contributed by atoms with Crippen molar-refractivity contribution >= 4 is 17.9 Å². The third-order valence-electron chi connectivity index (χ3n) is 2.63. The molecule has 2 rings (SSSR count). The number of aliphatic imine (C=N–C) groups is 1. The van der Waals surface area contributed by atoms with Gasteiger partial charge in [-0.25, -0.2) is 4.79 Å². The van der Waals surface area contributed by atoms with Gasteiger partial charge in [0.1, 0.15) is 0 Å². The summed E-state index contributed by atoms with van der Waals surface area (Å²) in [5.41, 5.74) is 3.18. The summed E-state index contributed by atoms with van der Waals surface area (Å²) in [5.74, 6) is -0.919. The number of carbonyl (C=O) groups is 1. The van der Waals surface area contributed by atoms with Crippen LogP contribution in [0.4, 0.5) is 5.69 Å². The minimum absolute atomic E-state index is 0.281. The quantitative estimate of drug-likeness (QED) is 0.834. The van der Waals surface area contributed by atoms with E-state index >= 15 is 0 Å². The van der Waals surface area contributed by atoms with Crippen molar-refractivity contribution in [1.29, 1.82) is 0 Å². The number of aromatic carboxylic acids is 1. The van der Waals surface area contributed by atoms with Crippen molar-refractivity contribution in [3.8, 4) is 0 Å². The Morgan fingerprint density at radius 1 is 1.11 bits per heavy atom. The summed E-state index contributed by atoms with van der Waals surface area (Å²) in [6.45, 7) is 2.00. The number of hydrogen-bond donors (Lipinski definition) is 1. The van der Waals surface area contributed by atoms with E-state index in [1.165, 1.54) is 0 Å². The maximum Gasteiger partial charge on any atom is 0.335 e. The molecule has 0 bridgehead atoms. The van der Waals surface area contributed by atoms with Crippen LogP contribution in [0.25, 0.3) is 0 Å². The normalized spacial score (nSPS) is 10.7. The standard InChI is InChI=1S/C15H13NO2/c1-11-4-2-3-5-14(11)16-10-12-6-8-13(9-7-12)15(17)18/h2-10H,1H3,(H,17,18)/b16-10+. The molecule has 0 saturated heterocycles. The summed E-state index contributed by atoms with van der Waals surface area (Å²) in [4.78, 5) is 15.1. The zero-order valence-electron chi connectivity index (χ0n) is 10.00. The molecule has 0 saturated carbocycles. The molecular weight excluding hydrogens is 226 g/mol. The fourth-order valence-corrected chi connectivity index (χ4v) is 1.56. The molecule has 18 heavy (non-hydrogen) atoms. The number of nitrogens with zero attached hydrogens (tertiary/aromatic N) is 1. The Bertz CT molecular complexity index is 586. The van der Waals surface area contributed by atoms with Crippen LogP contribution in [0.15, 0.2) is 53.5 Å². The number of carboxylic acid groups (broad SMARTS) is 1. The first kappa shape index (κ1) is 12.0. The van der Waals surface area contributed by atoms with Crippen LogP contribution in [0.2, 0.25) is 0 Å². The van der Waals surface area contributed by atoms with E-state index in [2.05, 4.69) is 4.99 Å². The molecule has 0 aromatic heterocycles. The zero-order chi connectivity index (χ0) is 13.0. The van der Waals surface area contributed by atoms with Crippen LogP contribution in [0.3, 0.4) is 0 Å². The van der Waals surface area contributed by atoms with E-state index in [0.717, 1.165) is 16.8 Å². The van der Waals surface area contributed by atoms with Crippen LogP contribution >= 0.6 is 0 Å². The molecule has 3 heteroatoms. The summed E-state index contributed by atoms with van der Waals surface area (Å²) in [5, 5.41) is 8.79. The van der Waals surface area contributed by atoms with Gasteiger partial charge in [0, 0.05) is 6.21 Å². The Hall–Kier alpha value is -2.42. The second-order valence-corrected chi connectivity index (χ2v) is 3.97. The predicted octanol–water partition coefficient (Wildman–Crippen LogP) is 3.44. The summed E-state index contributed by atoms with van der Waals surface area (Å²) in [7, 11) is 0. The van der Waals surface area contributed by atoms with Gasteiger partial charge in [0.05, 0.1) is 11.3 Å². The molecule has 0 radical (unpaired) electrons. The average molecular weight is 239 g/mol. The van der Waals surface area contributed by atoms with Crippen molar-refractivity contribution in [2.24, 2.45) is 4.99 Å². The molecule has 1 N–H and O–H groups in total. The van der Waals surface area contributed by atoms with Gasteiger partial charge in [-0.05, 0) is 36.2 Å². The Morgan fingerprint density at radius 2 is 1.78 bits per heavy atom. The maximum absolute atomic E-state index is 10.7. The van der Waals surface area contributed by atoms with Crippen LogP contribution in [0.1, 0.15) is 21.5 Å². The minimum Gasteiger partial charge on any atom is -0.478 e. The van der Waals surface area contributed by atoms with Crippen molar-refractivity contribution in [3.05, 3.63) is 65.2 Å². The average Bonchev–Trinajstić information content (AvgIpc) is 2.38. The van der Waals surface area contributed by atoms with Gasteiger partial charge in [0.25, 0.3) is 0 Å². The first-order chi connectivity index (χ1) is 8.66. The summed E-state index contributed by atoms with van der Waals surface area (Å²) >= 11 is 0. The van der Waals surface area contributed by atoms with E-state index in [1.807, 2.05) is 31.2 Å². The molecule has 0 unspecified atom stereocenters. The molecule has 2 aromatic carbocycles. The number of para-hydroxylation sites is 1. The molecule has 90 valence electrons. The lowest BCUT2D eigenvalue weighted by molar-refractivity contribution is 0.0697. The van der Waals surface area contributed by atoms with Gasteiger partial charge in [-0.2, -0.15) is 0 Å². The summed E-state index contributed by atoms with van der Waals surface area (Å²) in [6, 6.07) is 14.5. The van der Waals surface area contributed by atoms with Gasteiger partial charge in [-0.15, -0.1) is 0 Å². The molecular formula is C15H13NO2. The molecule has 0 amide bonds. The highest BCUT2D eigenvalue weighted by Crippen LogP contribution is 2.16. The van der Waals surface area contributed by atoms with E-state index in [-0.39, 0.29) is 5.56 Å². The van der Waals surface area contributed by atoms with E-state index < -0.39 is 5.97 Å². The van der Waals surface area contributed by atoms with Crippen LogP contribution in [-0.4, -0.2) is 17.3 Å². The van der Waals surface area contributed by atoms with Crippen molar-refractivity contribution in [3.63, 3.8) is 0 Å². The van der Waals surface area contributed by atoms with Crippen molar-refractivity contribution < 1.29 is 9.90 Å². The second kappa shape index (κ2) is 5.27. The van der Waals surface area contributed by atoms with E-state index in [1.54, 1.807) is 30.5 Å². The molecule has 3 nitrogen and oxygen atoms in total. The molecule has 0 fully saturated rings. The highest BCUT2D eigenvalue weighted by Gasteiger charge is 2.00. The monoisotopic (exact) mass is 239 g/mol. The van der Waals surface area contributed by atoms with Crippen LogP contribution in [-0.2, 0) is 0 Å². The zero-order valence-corrected chi connectivity index (χ0v) is 10.00. The van der Waals surface area contributed by atoms with Crippen LogP contribution < -0.4 is 0 Å². The van der Waals surface area contributed by atoms with E-state index in [4.69, 9.17) is 5.11 Å². The Kier molecular flexibility index (Phi) is 3.53. The Morgan fingerprint density at radius 3 is 2.39 bits per heavy atom. The van der Waals surface area contributed by atoms with Gasteiger partial charge < -0.3 is 5.11 Å². The van der Waals surface area contributed by atoms with E-state index in [9.17, 15) is 4.79 Å². The SMILES string of the molecule is Cc1ccccc1/N=C/c1ccc(C(=O)O)cc1. The lowest BCUT2D eigenvalue weighted by atomic mass is 10.1. The molecule has 2 aromatic rings. The van der Waals surface area contributed by atoms with Crippen LogP contribution in [0.5, 0.6) is 0 Å². The van der Waals surface area contributed by atoms with Crippen molar-refractivity contribution in [2.75, 3.05) is 0 Å². The largest absolute Gasteiger partial charge is 0.478 e. The third kappa shape index (κ3) is 2.83. The first-order valence-electron chi connectivity index (χ1n) is 5.60. The smallest absolute Gasteiger partial charge is 0.335 e. The lowest BCUT2D eigenvalue weighted by Gasteiger charge is -1.99. The van der Waals surface area contributed by atoms with E-state index in [0.29, 0.717) is 0 Å². The first-order valence-corrected chi connectivity index (χ1v) is 5.60. The highest BCUT2D eigenvalue weighted by atomic mass is 16.4. The minimum atomic E-state index is -0.919. The third-order valence-corrected chi connectivity index (χ3v) is 2.63.